The average molecular weight is 477 g/mol. The summed E-state index contributed by atoms with van der Waals surface area (Å²) in [5.74, 6) is 2.61. The lowest BCUT2D eigenvalue weighted by atomic mass is 9.79. The molecule has 0 bridgehead atoms. The van der Waals surface area contributed by atoms with E-state index in [1.54, 1.807) is 7.11 Å². The number of benzene rings is 1. The maximum Gasteiger partial charge on any atom is 0.303 e. The maximum atomic E-state index is 14.6. The molecule has 0 spiro atoms. The van der Waals surface area contributed by atoms with Crippen LogP contribution in [0.3, 0.4) is 0 Å². The molecule has 33 heavy (non-hydrogen) atoms. The van der Waals surface area contributed by atoms with E-state index in [9.17, 15) is 14.3 Å². The Labute approximate surface area is 201 Å². The third-order valence-electron chi connectivity index (χ3n) is 6.66. The van der Waals surface area contributed by atoms with Crippen molar-refractivity contribution in [3.8, 4) is 5.75 Å². The summed E-state index contributed by atoms with van der Waals surface area (Å²) in [6.45, 7) is 5.15. The lowest BCUT2D eigenvalue weighted by Crippen LogP contribution is -2.42. The Morgan fingerprint density at radius 2 is 2.15 bits per heavy atom. The summed E-state index contributed by atoms with van der Waals surface area (Å²) in [6, 6.07) is 5.55. The number of aryl methyl sites for hydroxylation is 1. The van der Waals surface area contributed by atoms with Gasteiger partial charge >= 0.3 is 5.97 Å². The lowest BCUT2D eigenvalue weighted by Gasteiger charge is -2.38. The summed E-state index contributed by atoms with van der Waals surface area (Å²) in [7, 11) is 1.60. The van der Waals surface area contributed by atoms with Crippen molar-refractivity contribution in [3.05, 3.63) is 35.8 Å². The molecule has 2 aromatic rings. The number of likely N-dealkylation sites (tertiary alicyclic amines) is 1. The normalized spacial score (nSPS) is 19.1. The maximum absolute atomic E-state index is 14.6. The van der Waals surface area contributed by atoms with Crippen LogP contribution in [0.25, 0.3) is 10.9 Å². The van der Waals surface area contributed by atoms with Gasteiger partial charge in [-0.3, -0.25) is 9.78 Å². The highest BCUT2D eigenvalue weighted by atomic mass is 32.2. The van der Waals surface area contributed by atoms with Gasteiger partial charge in [0.25, 0.3) is 0 Å². The van der Waals surface area contributed by atoms with E-state index in [2.05, 4.69) is 16.8 Å². The minimum atomic E-state index is -0.719. The molecule has 2 unspecified atom stereocenters. The Morgan fingerprint density at radius 3 is 2.91 bits per heavy atom. The van der Waals surface area contributed by atoms with Gasteiger partial charge < -0.3 is 14.7 Å². The molecular formula is C26H37FN2O3S. The number of ether oxygens (including phenoxy) is 1. The monoisotopic (exact) mass is 476 g/mol. The number of rotatable bonds is 13. The first-order chi connectivity index (χ1) is 16.0. The van der Waals surface area contributed by atoms with Gasteiger partial charge in [0.05, 0.1) is 18.8 Å². The average Bonchev–Trinajstić information content (AvgIpc) is 2.80. The van der Waals surface area contributed by atoms with Crippen molar-refractivity contribution in [3.63, 3.8) is 0 Å². The standard InChI is InChI=1S/C26H37FN2O3S/c1-3-13-33-14-5-11-29-12-10-19(20(18-29)15-26(30)31)6-4-7-22-23-16-21(32-2)8-9-25(23)28-17-24(22)27/h8-9,16-17,19-20H,3-7,10-15,18H2,1-2H3,(H,30,31). The number of aromatic nitrogens is 1. The minimum absolute atomic E-state index is 0.165. The van der Waals surface area contributed by atoms with Crippen molar-refractivity contribution >= 4 is 28.6 Å². The van der Waals surface area contributed by atoms with Gasteiger partial charge in [-0.05, 0) is 98.7 Å². The number of carboxylic acid groups (broad SMARTS) is 1. The number of methoxy groups -OCH3 is 1. The smallest absolute Gasteiger partial charge is 0.303 e. The van der Waals surface area contributed by atoms with E-state index >= 15 is 0 Å². The van der Waals surface area contributed by atoms with Gasteiger partial charge in [-0.15, -0.1) is 0 Å². The topological polar surface area (TPSA) is 62.7 Å². The van der Waals surface area contributed by atoms with Crippen LogP contribution in [0.2, 0.25) is 0 Å². The number of halogens is 1. The van der Waals surface area contributed by atoms with Crippen LogP contribution >= 0.6 is 11.8 Å². The van der Waals surface area contributed by atoms with Gasteiger partial charge in [0.2, 0.25) is 0 Å². The summed E-state index contributed by atoms with van der Waals surface area (Å²) >= 11 is 2.00. The van der Waals surface area contributed by atoms with Crippen molar-refractivity contribution in [2.45, 2.75) is 51.9 Å². The van der Waals surface area contributed by atoms with Gasteiger partial charge in [-0.1, -0.05) is 6.92 Å². The second-order valence-corrected chi connectivity index (χ2v) is 10.3. The largest absolute Gasteiger partial charge is 0.497 e. The van der Waals surface area contributed by atoms with Crippen LogP contribution in [0, 0.1) is 17.7 Å². The highest BCUT2D eigenvalue weighted by Gasteiger charge is 2.30. The molecule has 182 valence electrons. The van der Waals surface area contributed by atoms with Crippen molar-refractivity contribution in [2.24, 2.45) is 11.8 Å². The number of nitrogens with zero attached hydrogens (tertiary/aromatic N) is 2. The zero-order chi connectivity index (χ0) is 23.6. The fourth-order valence-electron chi connectivity index (χ4n) is 4.96. The predicted molar refractivity (Wildman–Crippen MR) is 134 cm³/mol. The Hall–Kier alpha value is -1.86. The SMILES string of the molecule is CCCSCCCN1CCC(CCCc2c(F)cnc3ccc(OC)cc23)C(CC(=O)O)C1. The fourth-order valence-corrected chi connectivity index (χ4v) is 5.78. The fraction of sp³-hybridized carbons (Fsp3) is 0.615. The van der Waals surface area contributed by atoms with E-state index < -0.39 is 5.97 Å². The Balaban J connectivity index is 1.57. The van der Waals surface area contributed by atoms with E-state index in [-0.39, 0.29) is 18.2 Å². The minimum Gasteiger partial charge on any atom is -0.497 e. The van der Waals surface area contributed by atoms with Crippen LogP contribution in [-0.4, -0.2) is 59.2 Å². The molecular weight excluding hydrogens is 439 g/mol. The number of hydrogen-bond acceptors (Lipinski definition) is 5. The molecule has 7 heteroatoms. The molecule has 1 aromatic carbocycles. The van der Waals surface area contributed by atoms with Gasteiger partial charge in [0.1, 0.15) is 11.6 Å². The zero-order valence-corrected chi connectivity index (χ0v) is 20.7. The molecule has 2 atom stereocenters. The quantitative estimate of drug-likeness (QED) is 0.377. The van der Waals surface area contributed by atoms with Crippen LogP contribution < -0.4 is 4.74 Å². The van der Waals surface area contributed by atoms with Gasteiger partial charge in [-0.2, -0.15) is 11.8 Å². The number of piperidine rings is 1. The van der Waals surface area contributed by atoms with Gasteiger partial charge in [-0.25, -0.2) is 4.39 Å². The molecule has 1 aromatic heterocycles. The zero-order valence-electron chi connectivity index (χ0n) is 19.9. The third-order valence-corrected chi connectivity index (χ3v) is 7.93. The first-order valence-corrected chi connectivity index (χ1v) is 13.3. The highest BCUT2D eigenvalue weighted by molar-refractivity contribution is 7.99. The van der Waals surface area contributed by atoms with Gasteiger partial charge in [0, 0.05) is 18.4 Å². The van der Waals surface area contributed by atoms with E-state index in [4.69, 9.17) is 4.74 Å². The molecule has 0 amide bonds. The summed E-state index contributed by atoms with van der Waals surface area (Å²) in [5, 5.41) is 10.3. The van der Waals surface area contributed by atoms with Crippen LogP contribution in [0.1, 0.15) is 51.0 Å². The van der Waals surface area contributed by atoms with Crippen LogP contribution in [0.5, 0.6) is 5.75 Å². The number of thioether (sulfide) groups is 1. The van der Waals surface area contributed by atoms with Crippen LogP contribution in [-0.2, 0) is 11.2 Å². The molecule has 1 N–H and O–H groups in total. The molecule has 1 fully saturated rings. The summed E-state index contributed by atoms with van der Waals surface area (Å²) in [6.07, 6.45) is 7.29. The molecule has 1 aliphatic heterocycles. The lowest BCUT2D eigenvalue weighted by molar-refractivity contribution is -0.139. The second-order valence-electron chi connectivity index (χ2n) is 9.03. The number of carboxylic acids is 1. The first-order valence-electron chi connectivity index (χ1n) is 12.1. The number of fused-ring (bicyclic) bond motifs is 1. The van der Waals surface area contributed by atoms with Gasteiger partial charge in [0.15, 0.2) is 0 Å². The summed E-state index contributed by atoms with van der Waals surface area (Å²) in [4.78, 5) is 18.2. The van der Waals surface area contributed by atoms with E-state index in [0.29, 0.717) is 23.7 Å². The number of aliphatic carboxylic acids is 1. The predicted octanol–water partition coefficient (Wildman–Crippen LogP) is 5.65. The van der Waals surface area contributed by atoms with Crippen LogP contribution in [0.4, 0.5) is 4.39 Å². The Bertz CT molecular complexity index is 910. The summed E-state index contributed by atoms with van der Waals surface area (Å²) in [5.41, 5.74) is 1.44. The Morgan fingerprint density at radius 1 is 1.30 bits per heavy atom. The molecule has 2 heterocycles. The van der Waals surface area contributed by atoms with E-state index in [1.807, 2.05) is 30.0 Å². The molecule has 1 aliphatic rings. The van der Waals surface area contributed by atoms with Crippen molar-refractivity contribution in [2.75, 3.05) is 38.2 Å². The summed E-state index contributed by atoms with van der Waals surface area (Å²) < 4.78 is 19.9. The van der Waals surface area contributed by atoms with Crippen molar-refractivity contribution < 1.29 is 19.0 Å². The van der Waals surface area contributed by atoms with E-state index in [0.717, 1.165) is 56.2 Å². The second kappa shape index (κ2) is 13.1. The third kappa shape index (κ3) is 7.57. The number of hydrogen-bond donors (Lipinski definition) is 1. The number of carbonyl (C=O) groups is 1. The van der Waals surface area contributed by atoms with Crippen molar-refractivity contribution in [1.29, 1.82) is 0 Å². The van der Waals surface area contributed by atoms with E-state index in [1.165, 1.54) is 24.1 Å². The van der Waals surface area contributed by atoms with Crippen molar-refractivity contribution in [1.82, 2.24) is 9.88 Å². The first kappa shape index (κ1) is 25.8. The molecule has 1 saturated heterocycles. The Kier molecular flexibility index (Phi) is 10.3. The van der Waals surface area contributed by atoms with Crippen LogP contribution in [0.15, 0.2) is 24.4 Å². The number of pyridine rings is 1. The molecule has 5 nitrogen and oxygen atoms in total. The molecule has 0 aliphatic carbocycles. The molecule has 0 saturated carbocycles. The molecule has 0 radical (unpaired) electrons. The molecule has 3 rings (SSSR count). The highest BCUT2D eigenvalue weighted by Crippen LogP contribution is 2.32.